The average Bonchev–Trinajstić information content (AvgIpc) is 3.32. The van der Waals surface area contributed by atoms with Gasteiger partial charge in [-0.25, -0.2) is 4.68 Å². The van der Waals surface area contributed by atoms with Crippen LogP contribution in [0.25, 0.3) is 16.9 Å². The third-order valence-electron chi connectivity index (χ3n) is 4.74. The highest BCUT2D eigenvalue weighted by molar-refractivity contribution is 5.64. The van der Waals surface area contributed by atoms with E-state index in [1.807, 2.05) is 10.7 Å². The van der Waals surface area contributed by atoms with E-state index >= 15 is 0 Å². The topological polar surface area (TPSA) is 47.1 Å². The van der Waals surface area contributed by atoms with Gasteiger partial charge in [0, 0.05) is 29.9 Å². The maximum Gasteiger partial charge on any atom is 0.150 e. The van der Waals surface area contributed by atoms with Crippen molar-refractivity contribution in [1.29, 1.82) is 0 Å². The van der Waals surface area contributed by atoms with Crippen LogP contribution < -0.4 is 0 Å². The van der Waals surface area contributed by atoms with Gasteiger partial charge in [-0.3, -0.25) is 4.90 Å². The molecule has 28 heavy (non-hydrogen) atoms. The summed E-state index contributed by atoms with van der Waals surface area (Å²) in [6.07, 6.45) is 3.80. The van der Waals surface area contributed by atoms with Crippen LogP contribution in [0.3, 0.4) is 0 Å². The van der Waals surface area contributed by atoms with Crippen molar-refractivity contribution in [3.05, 3.63) is 89.4 Å². The maximum absolute atomic E-state index is 5.25. The highest BCUT2D eigenvalue weighted by atomic mass is 16.5. The Morgan fingerprint density at radius 3 is 2.50 bits per heavy atom. The molecule has 2 aromatic carbocycles. The smallest absolute Gasteiger partial charge is 0.150 e. The first-order valence-electron chi connectivity index (χ1n) is 9.39. The molecule has 142 valence electrons. The molecule has 0 fully saturated rings. The molecule has 0 saturated heterocycles. The summed E-state index contributed by atoms with van der Waals surface area (Å²) in [7, 11) is 2.08. The van der Waals surface area contributed by atoms with E-state index in [1.54, 1.807) is 6.20 Å². The Balaban J connectivity index is 1.69. The standard InChI is InChI=1S/C23H24N4O/c1-17-7-9-21(10-8-17)27-15-20(14-26(3)16-22-11-12-24-28-22)23(25-27)19-6-4-5-18(2)13-19/h4-13,15H,14,16H2,1-3H3. The number of nitrogens with zero attached hydrogens (tertiary/aromatic N) is 4. The van der Waals surface area contributed by atoms with Crippen molar-refractivity contribution in [3.63, 3.8) is 0 Å². The normalized spacial score (nSPS) is 11.3. The van der Waals surface area contributed by atoms with Gasteiger partial charge in [0.05, 0.1) is 24.1 Å². The molecular weight excluding hydrogens is 348 g/mol. The quantitative estimate of drug-likeness (QED) is 0.489. The highest BCUT2D eigenvalue weighted by Crippen LogP contribution is 2.26. The lowest BCUT2D eigenvalue weighted by molar-refractivity contribution is 0.267. The predicted molar refractivity (Wildman–Crippen MR) is 110 cm³/mol. The summed E-state index contributed by atoms with van der Waals surface area (Å²) >= 11 is 0. The van der Waals surface area contributed by atoms with Crippen LogP contribution in [0.2, 0.25) is 0 Å². The number of benzene rings is 2. The first-order valence-corrected chi connectivity index (χ1v) is 9.39. The molecule has 0 N–H and O–H groups in total. The number of aromatic nitrogens is 3. The van der Waals surface area contributed by atoms with Crippen LogP contribution in [0.1, 0.15) is 22.5 Å². The van der Waals surface area contributed by atoms with E-state index in [2.05, 4.69) is 85.7 Å². The molecule has 0 aliphatic carbocycles. The van der Waals surface area contributed by atoms with E-state index in [9.17, 15) is 0 Å². The average molecular weight is 372 g/mol. The van der Waals surface area contributed by atoms with Gasteiger partial charge in [0.2, 0.25) is 0 Å². The van der Waals surface area contributed by atoms with E-state index in [0.717, 1.165) is 29.2 Å². The molecule has 2 heterocycles. The minimum Gasteiger partial charge on any atom is -0.360 e. The Hall–Kier alpha value is -3.18. The van der Waals surface area contributed by atoms with Crippen molar-refractivity contribution in [3.8, 4) is 16.9 Å². The number of rotatable bonds is 6. The van der Waals surface area contributed by atoms with Crippen LogP contribution in [-0.2, 0) is 13.1 Å². The van der Waals surface area contributed by atoms with Crippen LogP contribution in [-0.4, -0.2) is 26.9 Å². The molecule has 0 atom stereocenters. The summed E-state index contributed by atoms with van der Waals surface area (Å²) in [5.74, 6) is 0.852. The Labute approximate surface area is 165 Å². The number of hydrogen-bond donors (Lipinski definition) is 0. The van der Waals surface area contributed by atoms with Gasteiger partial charge < -0.3 is 4.52 Å². The minimum atomic E-state index is 0.697. The van der Waals surface area contributed by atoms with Gasteiger partial charge in [0.25, 0.3) is 0 Å². The molecule has 0 amide bonds. The molecule has 0 radical (unpaired) electrons. The third-order valence-corrected chi connectivity index (χ3v) is 4.74. The fourth-order valence-corrected chi connectivity index (χ4v) is 3.33. The maximum atomic E-state index is 5.25. The Kier molecular flexibility index (Phi) is 5.08. The third kappa shape index (κ3) is 4.05. The molecule has 0 bridgehead atoms. The van der Waals surface area contributed by atoms with E-state index in [1.165, 1.54) is 16.7 Å². The molecule has 0 saturated carbocycles. The van der Waals surface area contributed by atoms with E-state index in [0.29, 0.717) is 6.54 Å². The summed E-state index contributed by atoms with van der Waals surface area (Å²) < 4.78 is 7.21. The zero-order chi connectivity index (χ0) is 19.5. The minimum absolute atomic E-state index is 0.697. The van der Waals surface area contributed by atoms with Crippen LogP contribution in [0.4, 0.5) is 0 Å². The zero-order valence-electron chi connectivity index (χ0n) is 16.5. The Morgan fingerprint density at radius 2 is 1.79 bits per heavy atom. The fourth-order valence-electron chi connectivity index (χ4n) is 3.33. The monoisotopic (exact) mass is 372 g/mol. The molecule has 5 heteroatoms. The summed E-state index contributed by atoms with van der Waals surface area (Å²) in [6, 6.07) is 18.8. The molecule has 0 aliphatic heterocycles. The van der Waals surface area contributed by atoms with Gasteiger partial charge in [-0.05, 0) is 39.1 Å². The molecule has 0 spiro atoms. The lowest BCUT2D eigenvalue weighted by Gasteiger charge is -2.14. The second-order valence-corrected chi connectivity index (χ2v) is 7.30. The van der Waals surface area contributed by atoms with Gasteiger partial charge in [-0.15, -0.1) is 0 Å². The van der Waals surface area contributed by atoms with Crippen molar-refractivity contribution in [2.75, 3.05) is 7.05 Å². The van der Waals surface area contributed by atoms with E-state index in [4.69, 9.17) is 9.62 Å². The molecule has 5 nitrogen and oxygen atoms in total. The number of hydrogen-bond acceptors (Lipinski definition) is 4. The van der Waals surface area contributed by atoms with Crippen molar-refractivity contribution < 1.29 is 4.52 Å². The fraction of sp³-hybridized carbons (Fsp3) is 0.217. The van der Waals surface area contributed by atoms with Gasteiger partial charge in [-0.2, -0.15) is 5.10 Å². The molecule has 2 aromatic heterocycles. The summed E-state index contributed by atoms with van der Waals surface area (Å²) in [4.78, 5) is 2.20. The number of aryl methyl sites for hydroxylation is 2. The van der Waals surface area contributed by atoms with Gasteiger partial charge in [0.15, 0.2) is 5.76 Å². The zero-order valence-corrected chi connectivity index (χ0v) is 16.5. The SMILES string of the molecule is Cc1ccc(-n2cc(CN(C)Cc3ccno3)c(-c3cccc(C)c3)n2)cc1. The first kappa shape index (κ1) is 18.2. The molecular formula is C23H24N4O. The van der Waals surface area contributed by atoms with Crippen molar-refractivity contribution in [1.82, 2.24) is 19.8 Å². The Morgan fingerprint density at radius 1 is 0.964 bits per heavy atom. The van der Waals surface area contributed by atoms with Gasteiger partial charge in [-0.1, -0.05) is 46.6 Å². The van der Waals surface area contributed by atoms with Gasteiger partial charge in [0.1, 0.15) is 0 Å². The largest absolute Gasteiger partial charge is 0.360 e. The second kappa shape index (κ2) is 7.82. The van der Waals surface area contributed by atoms with Gasteiger partial charge >= 0.3 is 0 Å². The molecule has 0 aliphatic rings. The van der Waals surface area contributed by atoms with Crippen LogP contribution in [0.15, 0.2) is 71.5 Å². The van der Waals surface area contributed by atoms with E-state index in [-0.39, 0.29) is 0 Å². The Bertz CT molecular complexity index is 1050. The van der Waals surface area contributed by atoms with Crippen molar-refractivity contribution >= 4 is 0 Å². The van der Waals surface area contributed by atoms with Crippen molar-refractivity contribution in [2.24, 2.45) is 0 Å². The predicted octanol–water partition coefficient (Wildman–Crippen LogP) is 4.78. The van der Waals surface area contributed by atoms with Crippen LogP contribution >= 0.6 is 0 Å². The van der Waals surface area contributed by atoms with Crippen molar-refractivity contribution in [2.45, 2.75) is 26.9 Å². The highest BCUT2D eigenvalue weighted by Gasteiger charge is 2.15. The van der Waals surface area contributed by atoms with Crippen LogP contribution in [0, 0.1) is 13.8 Å². The second-order valence-electron chi connectivity index (χ2n) is 7.30. The lowest BCUT2D eigenvalue weighted by Crippen LogP contribution is -2.17. The van der Waals surface area contributed by atoms with E-state index < -0.39 is 0 Å². The molecule has 0 unspecified atom stereocenters. The first-order chi connectivity index (χ1) is 13.6. The van der Waals surface area contributed by atoms with Crippen LogP contribution in [0.5, 0.6) is 0 Å². The molecule has 4 rings (SSSR count). The lowest BCUT2D eigenvalue weighted by atomic mass is 10.1. The molecule has 4 aromatic rings. The summed E-state index contributed by atoms with van der Waals surface area (Å²) in [6.45, 7) is 5.66. The summed E-state index contributed by atoms with van der Waals surface area (Å²) in [5, 5.41) is 8.72. The summed E-state index contributed by atoms with van der Waals surface area (Å²) in [5.41, 5.74) is 6.84.